The second-order valence-electron chi connectivity index (χ2n) is 6.58. The summed E-state index contributed by atoms with van der Waals surface area (Å²) >= 11 is 0. The highest BCUT2D eigenvalue weighted by Crippen LogP contribution is 2.77. The second-order valence-corrected chi connectivity index (χ2v) is 6.58. The van der Waals surface area contributed by atoms with Crippen LogP contribution in [0.2, 0.25) is 0 Å². The highest BCUT2D eigenvalue weighted by Gasteiger charge is 2.71. The number of hydrogen-bond donors (Lipinski definition) is 0. The van der Waals surface area contributed by atoms with Crippen molar-refractivity contribution in [2.45, 2.75) is 26.7 Å². The van der Waals surface area contributed by atoms with E-state index in [0.717, 1.165) is 47.3 Å². The molecule has 7 unspecified atom stereocenters. The Balaban J connectivity index is 1.73. The van der Waals surface area contributed by atoms with Gasteiger partial charge in [0.25, 0.3) is 0 Å². The summed E-state index contributed by atoms with van der Waals surface area (Å²) in [6, 6.07) is 0. The van der Waals surface area contributed by atoms with Crippen LogP contribution in [0.3, 0.4) is 0 Å². The van der Waals surface area contributed by atoms with Gasteiger partial charge < -0.3 is 0 Å². The smallest absolute Gasteiger partial charge is 0.0137 e. The topological polar surface area (TPSA) is 0 Å². The maximum absolute atomic E-state index is 4.42. The Labute approximate surface area is 86.8 Å². The lowest BCUT2D eigenvalue weighted by Gasteiger charge is -2.50. The van der Waals surface area contributed by atoms with Gasteiger partial charge in [-0.05, 0) is 60.2 Å². The van der Waals surface area contributed by atoms with Gasteiger partial charge in [0.15, 0.2) is 0 Å². The van der Waals surface area contributed by atoms with E-state index in [2.05, 4.69) is 20.4 Å². The first kappa shape index (κ1) is 7.96. The van der Waals surface area contributed by atoms with Crippen molar-refractivity contribution in [3.05, 3.63) is 12.2 Å². The molecule has 0 aromatic heterocycles. The molecule has 0 aliphatic heterocycles. The standard InChI is InChI=1S/C14H20/c1-6(2)11-7(3)12-10-5-8-4-9(8)13(12)14(10)11/h6,8-14H,3-5H2,1-2H3. The fourth-order valence-corrected chi connectivity index (χ4v) is 5.49. The predicted molar refractivity (Wildman–Crippen MR) is 57.6 cm³/mol. The van der Waals surface area contributed by atoms with E-state index in [4.69, 9.17) is 0 Å². The number of allylic oxidation sites excluding steroid dienone is 1. The molecular weight excluding hydrogens is 168 g/mol. The fraction of sp³-hybridized carbons (Fsp3) is 0.857. The summed E-state index contributed by atoms with van der Waals surface area (Å²) in [6.45, 7) is 9.21. The molecule has 0 aromatic rings. The zero-order valence-corrected chi connectivity index (χ0v) is 9.24. The molecule has 0 saturated heterocycles. The highest BCUT2D eigenvalue weighted by molar-refractivity contribution is 5.33. The van der Waals surface area contributed by atoms with Crippen molar-refractivity contribution in [1.29, 1.82) is 0 Å². The van der Waals surface area contributed by atoms with E-state index in [-0.39, 0.29) is 0 Å². The van der Waals surface area contributed by atoms with Crippen molar-refractivity contribution >= 4 is 0 Å². The van der Waals surface area contributed by atoms with Gasteiger partial charge in [-0.1, -0.05) is 26.0 Å². The van der Waals surface area contributed by atoms with Gasteiger partial charge in [0.2, 0.25) is 0 Å². The fourth-order valence-electron chi connectivity index (χ4n) is 5.49. The molecule has 0 spiro atoms. The van der Waals surface area contributed by atoms with Crippen molar-refractivity contribution in [3.63, 3.8) is 0 Å². The molecule has 0 aromatic carbocycles. The van der Waals surface area contributed by atoms with Gasteiger partial charge in [-0.3, -0.25) is 0 Å². The average molecular weight is 188 g/mol. The van der Waals surface area contributed by atoms with Gasteiger partial charge in [-0.15, -0.1) is 0 Å². The van der Waals surface area contributed by atoms with Crippen molar-refractivity contribution in [2.24, 2.45) is 47.3 Å². The zero-order valence-electron chi connectivity index (χ0n) is 9.24. The van der Waals surface area contributed by atoms with E-state index in [1.807, 2.05) is 0 Å². The van der Waals surface area contributed by atoms with Gasteiger partial charge in [0, 0.05) is 0 Å². The molecule has 5 aliphatic carbocycles. The summed E-state index contributed by atoms with van der Waals surface area (Å²) in [6.07, 6.45) is 3.14. The van der Waals surface area contributed by atoms with E-state index >= 15 is 0 Å². The van der Waals surface area contributed by atoms with E-state index < -0.39 is 0 Å². The Kier molecular flexibility index (Phi) is 1.21. The average Bonchev–Trinajstić information content (AvgIpc) is 2.77. The minimum Gasteiger partial charge on any atom is -0.0993 e. The molecular formula is C14H20. The van der Waals surface area contributed by atoms with Crippen molar-refractivity contribution in [3.8, 4) is 0 Å². The molecule has 5 aliphatic rings. The Morgan fingerprint density at radius 2 is 1.86 bits per heavy atom. The van der Waals surface area contributed by atoms with Crippen LogP contribution in [0.1, 0.15) is 26.7 Å². The molecule has 76 valence electrons. The van der Waals surface area contributed by atoms with Crippen LogP contribution in [0.4, 0.5) is 0 Å². The van der Waals surface area contributed by atoms with Gasteiger partial charge in [0.1, 0.15) is 0 Å². The van der Waals surface area contributed by atoms with E-state index in [9.17, 15) is 0 Å². The summed E-state index contributed by atoms with van der Waals surface area (Å²) in [5.41, 5.74) is 1.66. The molecule has 4 bridgehead atoms. The molecule has 0 N–H and O–H groups in total. The summed E-state index contributed by atoms with van der Waals surface area (Å²) < 4.78 is 0. The van der Waals surface area contributed by atoms with Crippen LogP contribution >= 0.6 is 0 Å². The van der Waals surface area contributed by atoms with Crippen LogP contribution in [-0.2, 0) is 0 Å². The SMILES string of the molecule is C=C1C(C(C)C)C2C3CC4CC4C2C13. The Bertz CT molecular complexity index is 314. The third-order valence-corrected chi connectivity index (χ3v) is 5.85. The van der Waals surface area contributed by atoms with Crippen LogP contribution < -0.4 is 0 Å². The maximum Gasteiger partial charge on any atom is -0.0137 e. The van der Waals surface area contributed by atoms with E-state index in [1.54, 1.807) is 18.4 Å². The molecule has 0 heterocycles. The van der Waals surface area contributed by atoms with Gasteiger partial charge >= 0.3 is 0 Å². The van der Waals surface area contributed by atoms with Crippen LogP contribution in [0.25, 0.3) is 0 Å². The summed E-state index contributed by atoms with van der Waals surface area (Å²) in [5.74, 6) is 8.32. The largest absolute Gasteiger partial charge is 0.0993 e. The summed E-state index contributed by atoms with van der Waals surface area (Å²) in [5, 5.41) is 0. The molecule has 0 heteroatoms. The monoisotopic (exact) mass is 188 g/mol. The van der Waals surface area contributed by atoms with Gasteiger partial charge in [0.05, 0.1) is 0 Å². The quantitative estimate of drug-likeness (QED) is 0.554. The predicted octanol–water partition coefficient (Wildman–Crippen LogP) is 3.35. The van der Waals surface area contributed by atoms with Crippen LogP contribution in [-0.4, -0.2) is 0 Å². The Morgan fingerprint density at radius 3 is 2.43 bits per heavy atom. The number of hydrogen-bond acceptors (Lipinski definition) is 0. The minimum absolute atomic E-state index is 0.847. The van der Waals surface area contributed by atoms with Crippen LogP contribution in [0.5, 0.6) is 0 Å². The third kappa shape index (κ3) is 0.647. The Morgan fingerprint density at radius 1 is 1.14 bits per heavy atom. The molecule has 0 radical (unpaired) electrons. The highest BCUT2D eigenvalue weighted by atomic mass is 14.8. The molecule has 5 fully saturated rings. The first-order valence-electron chi connectivity index (χ1n) is 6.39. The lowest BCUT2D eigenvalue weighted by atomic mass is 9.54. The second kappa shape index (κ2) is 2.13. The lowest BCUT2D eigenvalue weighted by molar-refractivity contribution is -0.0279. The molecule has 0 nitrogen and oxygen atoms in total. The molecule has 5 saturated carbocycles. The molecule has 14 heavy (non-hydrogen) atoms. The normalized spacial score (nSPS) is 62.5. The lowest BCUT2D eigenvalue weighted by Crippen LogP contribution is -2.46. The van der Waals surface area contributed by atoms with Gasteiger partial charge in [-0.25, -0.2) is 0 Å². The Hall–Kier alpha value is -0.260. The van der Waals surface area contributed by atoms with Crippen LogP contribution in [0.15, 0.2) is 12.2 Å². The van der Waals surface area contributed by atoms with Crippen molar-refractivity contribution in [2.75, 3.05) is 0 Å². The first-order chi connectivity index (χ1) is 6.70. The van der Waals surface area contributed by atoms with Crippen LogP contribution in [0, 0.1) is 47.3 Å². The molecule has 5 rings (SSSR count). The third-order valence-electron chi connectivity index (χ3n) is 5.85. The molecule has 0 amide bonds. The van der Waals surface area contributed by atoms with Crippen molar-refractivity contribution in [1.82, 2.24) is 0 Å². The molecule has 7 atom stereocenters. The zero-order chi connectivity index (χ0) is 9.61. The number of fused-ring (bicyclic) bond motifs is 2. The maximum atomic E-state index is 4.42. The van der Waals surface area contributed by atoms with E-state index in [0.29, 0.717) is 0 Å². The van der Waals surface area contributed by atoms with Gasteiger partial charge in [-0.2, -0.15) is 0 Å². The summed E-state index contributed by atoms with van der Waals surface area (Å²) in [4.78, 5) is 0. The summed E-state index contributed by atoms with van der Waals surface area (Å²) in [7, 11) is 0. The van der Waals surface area contributed by atoms with E-state index in [1.165, 1.54) is 0 Å². The van der Waals surface area contributed by atoms with Crippen molar-refractivity contribution < 1.29 is 0 Å². The number of rotatable bonds is 1. The minimum atomic E-state index is 0.847. The first-order valence-corrected chi connectivity index (χ1v) is 6.39.